The molecule has 1 aromatic heterocycles. The molecule has 3 N–H and O–H groups in total. The van der Waals surface area contributed by atoms with Crippen LogP contribution in [0.5, 0.6) is 0 Å². The lowest BCUT2D eigenvalue weighted by atomic mass is 10.1. The van der Waals surface area contributed by atoms with E-state index in [4.69, 9.17) is 17.3 Å². The Morgan fingerprint density at radius 2 is 2.25 bits per heavy atom. The fourth-order valence-corrected chi connectivity index (χ4v) is 1.80. The highest BCUT2D eigenvalue weighted by atomic mass is 35.5. The van der Waals surface area contributed by atoms with Gasteiger partial charge in [-0.1, -0.05) is 24.6 Å². The van der Waals surface area contributed by atoms with Gasteiger partial charge in [0, 0.05) is 12.1 Å². The number of nitrogens with zero attached hydrogens (tertiary/aromatic N) is 2. The number of anilines is 1. The Morgan fingerprint density at radius 3 is 2.94 bits per heavy atom. The first-order valence-corrected chi connectivity index (χ1v) is 5.55. The van der Waals surface area contributed by atoms with Gasteiger partial charge >= 0.3 is 0 Å². The van der Waals surface area contributed by atoms with Crippen molar-refractivity contribution in [1.82, 2.24) is 15.2 Å². The molecule has 0 amide bonds. The Bertz CT molecular complexity index is 472. The predicted molar refractivity (Wildman–Crippen MR) is 65.2 cm³/mol. The van der Waals surface area contributed by atoms with Gasteiger partial charge in [-0.3, -0.25) is 5.10 Å². The Labute approximate surface area is 98.8 Å². The average molecular weight is 237 g/mol. The van der Waals surface area contributed by atoms with Gasteiger partial charge in [0.2, 0.25) is 0 Å². The number of benzene rings is 1. The van der Waals surface area contributed by atoms with E-state index in [0.29, 0.717) is 22.1 Å². The maximum Gasteiger partial charge on any atom is 0.184 e. The van der Waals surface area contributed by atoms with E-state index < -0.39 is 0 Å². The second-order valence-corrected chi connectivity index (χ2v) is 3.97. The van der Waals surface area contributed by atoms with Crippen LogP contribution in [0, 0.1) is 0 Å². The van der Waals surface area contributed by atoms with Crippen LogP contribution in [0.1, 0.15) is 19.2 Å². The summed E-state index contributed by atoms with van der Waals surface area (Å²) in [5.41, 5.74) is 7.15. The number of aryl methyl sites for hydroxylation is 1. The molecule has 1 heterocycles. The fraction of sp³-hybridized carbons (Fsp3) is 0.273. The molecule has 0 bridgehead atoms. The molecule has 2 rings (SSSR count). The molecule has 4 nitrogen and oxygen atoms in total. The summed E-state index contributed by atoms with van der Waals surface area (Å²) in [5.74, 6) is 1.42. The molecule has 1 aromatic carbocycles. The number of aromatic amines is 1. The van der Waals surface area contributed by atoms with Crippen molar-refractivity contribution in [2.24, 2.45) is 0 Å². The number of halogens is 1. The third kappa shape index (κ3) is 2.02. The second-order valence-electron chi connectivity index (χ2n) is 3.56. The van der Waals surface area contributed by atoms with Crippen molar-refractivity contribution in [2.75, 3.05) is 5.73 Å². The van der Waals surface area contributed by atoms with Crippen LogP contribution in [0.3, 0.4) is 0 Å². The highest BCUT2D eigenvalue weighted by Gasteiger charge is 2.12. The topological polar surface area (TPSA) is 67.6 Å². The third-order valence-electron chi connectivity index (χ3n) is 2.29. The SMILES string of the molecule is CCCc1nc(-c2c(N)cccc2Cl)n[nH]1. The lowest BCUT2D eigenvalue weighted by Gasteiger charge is -2.02. The van der Waals surface area contributed by atoms with E-state index in [1.54, 1.807) is 18.2 Å². The van der Waals surface area contributed by atoms with Gasteiger partial charge in [-0.2, -0.15) is 5.10 Å². The summed E-state index contributed by atoms with van der Waals surface area (Å²) in [5, 5.41) is 7.58. The molecule has 2 aromatic rings. The molecular formula is C11H13ClN4. The smallest absolute Gasteiger partial charge is 0.184 e. The predicted octanol–water partition coefficient (Wildman–Crippen LogP) is 2.66. The highest BCUT2D eigenvalue weighted by molar-refractivity contribution is 6.33. The minimum Gasteiger partial charge on any atom is -0.398 e. The lowest BCUT2D eigenvalue weighted by molar-refractivity contribution is 0.841. The van der Waals surface area contributed by atoms with Crippen LogP contribution in [-0.2, 0) is 6.42 Å². The van der Waals surface area contributed by atoms with Crippen LogP contribution >= 0.6 is 11.6 Å². The maximum atomic E-state index is 6.08. The Kier molecular flexibility index (Phi) is 3.10. The minimum absolute atomic E-state index is 0.562. The van der Waals surface area contributed by atoms with Gasteiger partial charge in [0.15, 0.2) is 5.82 Å². The molecule has 84 valence electrons. The molecule has 0 saturated heterocycles. The number of H-pyrrole nitrogens is 1. The number of aromatic nitrogens is 3. The molecule has 0 aliphatic carbocycles. The van der Waals surface area contributed by atoms with E-state index in [2.05, 4.69) is 22.1 Å². The molecule has 16 heavy (non-hydrogen) atoms. The fourth-order valence-electron chi connectivity index (χ4n) is 1.53. The molecule has 0 saturated carbocycles. The zero-order valence-electron chi connectivity index (χ0n) is 9.00. The van der Waals surface area contributed by atoms with Gasteiger partial charge in [-0.05, 0) is 18.6 Å². The monoisotopic (exact) mass is 236 g/mol. The summed E-state index contributed by atoms with van der Waals surface area (Å²) < 4.78 is 0. The van der Waals surface area contributed by atoms with Crippen molar-refractivity contribution in [3.63, 3.8) is 0 Å². The van der Waals surface area contributed by atoms with E-state index in [-0.39, 0.29) is 0 Å². The average Bonchev–Trinajstić information content (AvgIpc) is 2.67. The largest absolute Gasteiger partial charge is 0.398 e. The summed E-state index contributed by atoms with van der Waals surface area (Å²) >= 11 is 6.08. The summed E-state index contributed by atoms with van der Waals surface area (Å²) in [7, 11) is 0. The zero-order chi connectivity index (χ0) is 11.5. The number of nitrogens with one attached hydrogen (secondary N) is 1. The van der Waals surface area contributed by atoms with E-state index in [1.165, 1.54) is 0 Å². The minimum atomic E-state index is 0.562. The third-order valence-corrected chi connectivity index (χ3v) is 2.60. The first kappa shape index (κ1) is 11.0. The molecular weight excluding hydrogens is 224 g/mol. The van der Waals surface area contributed by atoms with Crippen molar-refractivity contribution in [1.29, 1.82) is 0 Å². The number of hydrogen-bond acceptors (Lipinski definition) is 3. The van der Waals surface area contributed by atoms with Crippen LogP contribution in [0.2, 0.25) is 5.02 Å². The van der Waals surface area contributed by atoms with E-state index in [1.807, 2.05) is 0 Å². The van der Waals surface area contributed by atoms with Crippen molar-refractivity contribution in [3.05, 3.63) is 29.0 Å². The Morgan fingerprint density at radius 1 is 1.44 bits per heavy atom. The van der Waals surface area contributed by atoms with Gasteiger partial charge in [-0.15, -0.1) is 0 Å². The van der Waals surface area contributed by atoms with Crippen molar-refractivity contribution in [3.8, 4) is 11.4 Å². The Hall–Kier alpha value is -1.55. The van der Waals surface area contributed by atoms with Crippen LogP contribution in [0.15, 0.2) is 18.2 Å². The molecule has 0 radical (unpaired) electrons. The first-order chi connectivity index (χ1) is 7.72. The van der Waals surface area contributed by atoms with E-state index in [9.17, 15) is 0 Å². The van der Waals surface area contributed by atoms with Crippen molar-refractivity contribution < 1.29 is 0 Å². The number of hydrogen-bond donors (Lipinski definition) is 2. The first-order valence-electron chi connectivity index (χ1n) is 5.18. The Balaban J connectivity index is 2.42. The number of rotatable bonds is 3. The van der Waals surface area contributed by atoms with Gasteiger partial charge in [0.05, 0.1) is 10.6 Å². The molecule has 0 aliphatic heterocycles. The molecule has 0 spiro atoms. The van der Waals surface area contributed by atoms with Crippen LogP contribution in [0.4, 0.5) is 5.69 Å². The summed E-state index contributed by atoms with van der Waals surface area (Å²) in [6.07, 6.45) is 1.89. The zero-order valence-corrected chi connectivity index (χ0v) is 9.75. The number of nitrogens with two attached hydrogens (primary N) is 1. The van der Waals surface area contributed by atoms with E-state index in [0.717, 1.165) is 18.7 Å². The molecule has 0 unspecified atom stereocenters. The summed E-state index contributed by atoms with van der Waals surface area (Å²) in [6.45, 7) is 2.09. The van der Waals surface area contributed by atoms with Crippen LogP contribution in [-0.4, -0.2) is 15.2 Å². The van der Waals surface area contributed by atoms with E-state index >= 15 is 0 Å². The van der Waals surface area contributed by atoms with Crippen molar-refractivity contribution >= 4 is 17.3 Å². The van der Waals surface area contributed by atoms with Crippen LogP contribution in [0.25, 0.3) is 11.4 Å². The molecule has 0 aliphatic rings. The van der Waals surface area contributed by atoms with Crippen LogP contribution < -0.4 is 5.73 Å². The summed E-state index contributed by atoms with van der Waals surface area (Å²) in [6, 6.07) is 5.38. The highest BCUT2D eigenvalue weighted by Crippen LogP contribution is 2.30. The molecule has 0 fully saturated rings. The molecule has 5 heteroatoms. The van der Waals surface area contributed by atoms with Gasteiger partial charge < -0.3 is 5.73 Å². The molecule has 0 atom stereocenters. The normalized spacial score (nSPS) is 10.6. The maximum absolute atomic E-state index is 6.08. The lowest BCUT2D eigenvalue weighted by Crippen LogP contribution is -1.92. The second kappa shape index (κ2) is 4.53. The van der Waals surface area contributed by atoms with Crippen molar-refractivity contribution in [2.45, 2.75) is 19.8 Å². The van der Waals surface area contributed by atoms with Gasteiger partial charge in [0.1, 0.15) is 5.82 Å². The standard InChI is InChI=1S/C11H13ClN4/c1-2-4-9-14-11(16-15-9)10-7(12)5-3-6-8(10)13/h3,5-6H,2,4,13H2,1H3,(H,14,15,16). The van der Waals surface area contributed by atoms with Gasteiger partial charge in [0.25, 0.3) is 0 Å². The number of nitrogen functional groups attached to an aromatic ring is 1. The quantitative estimate of drug-likeness (QED) is 0.805. The summed E-state index contributed by atoms with van der Waals surface area (Å²) in [4.78, 5) is 4.36. The van der Waals surface area contributed by atoms with Gasteiger partial charge in [-0.25, -0.2) is 4.98 Å².